The highest BCUT2D eigenvalue weighted by molar-refractivity contribution is 6.19. The molecular formula is C6H10ClNO. The molecule has 0 aromatic carbocycles. The average molecular weight is 148 g/mol. The molecule has 0 N–H and O–H groups in total. The van der Waals surface area contributed by atoms with Gasteiger partial charge in [-0.3, -0.25) is 9.90 Å². The molecule has 3 heteroatoms. The van der Waals surface area contributed by atoms with E-state index in [1.54, 1.807) is 5.06 Å². The van der Waals surface area contributed by atoms with Gasteiger partial charge in [-0.1, -0.05) is 0 Å². The van der Waals surface area contributed by atoms with E-state index >= 15 is 0 Å². The van der Waals surface area contributed by atoms with Crippen molar-refractivity contribution in [3.8, 4) is 0 Å². The normalized spacial score (nSPS) is 26.8. The number of alkyl halides is 1. The Hall–Kier alpha value is -0.210. The second-order valence-electron chi connectivity index (χ2n) is 2.10. The summed E-state index contributed by atoms with van der Waals surface area (Å²) in [6.45, 7) is 1.98. The van der Waals surface area contributed by atoms with E-state index < -0.39 is 0 Å². The Kier molecular flexibility index (Phi) is 1.98. The molecule has 0 saturated carbocycles. The molecule has 9 heavy (non-hydrogen) atoms. The highest BCUT2D eigenvalue weighted by atomic mass is 35.5. The van der Waals surface area contributed by atoms with Gasteiger partial charge in [0.15, 0.2) is 0 Å². The van der Waals surface area contributed by atoms with Gasteiger partial charge in [-0.25, -0.2) is 0 Å². The van der Waals surface area contributed by atoms with E-state index in [1.165, 1.54) is 0 Å². The third-order valence-electron chi connectivity index (χ3n) is 1.29. The Balaban J connectivity index is 2.57. The van der Waals surface area contributed by atoms with Crippen molar-refractivity contribution >= 4 is 11.6 Å². The highest BCUT2D eigenvalue weighted by Gasteiger charge is 2.15. The first-order valence-corrected chi connectivity index (χ1v) is 3.44. The van der Waals surface area contributed by atoms with Crippen molar-refractivity contribution in [1.82, 2.24) is 5.06 Å². The third kappa shape index (κ3) is 1.37. The number of hydrogen-bond donors (Lipinski definition) is 0. The molecule has 0 spiro atoms. The molecule has 0 aromatic rings. The molecule has 52 valence electrons. The van der Waals surface area contributed by atoms with Crippen LogP contribution >= 0.6 is 11.6 Å². The lowest BCUT2D eigenvalue weighted by Crippen LogP contribution is -2.14. The molecule has 0 bridgehead atoms. The summed E-state index contributed by atoms with van der Waals surface area (Å²) in [7, 11) is 1.86. The molecule has 1 heterocycles. The molecule has 1 rings (SSSR count). The Morgan fingerprint density at radius 3 is 2.78 bits per heavy atom. The first kappa shape index (κ1) is 6.90. The summed E-state index contributed by atoms with van der Waals surface area (Å²) in [5.41, 5.74) is 1.05. The minimum Gasteiger partial charge on any atom is -0.267 e. The fourth-order valence-corrected chi connectivity index (χ4v) is 1.11. The van der Waals surface area contributed by atoms with Crippen molar-refractivity contribution in [2.45, 2.75) is 13.0 Å². The van der Waals surface area contributed by atoms with Crippen LogP contribution in [0.3, 0.4) is 0 Å². The average Bonchev–Trinajstić information content (AvgIpc) is 2.10. The van der Waals surface area contributed by atoms with Crippen LogP contribution in [0.1, 0.15) is 6.92 Å². The van der Waals surface area contributed by atoms with Gasteiger partial charge in [-0.05, 0) is 13.0 Å². The minimum absolute atomic E-state index is 0.184. The fourth-order valence-electron chi connectivity index (χ4n) is 0.852. The van der Waals surface area contributed by atoms with Gasteiger partial charge in [0.25, 0.3) is 0 Å². The molecule has 0 saturated heterocycles. The van der Waals surface area contributed by atoms with Crippen LogP contribution in [0.2, 0.25) is 0 Å². The van der Waals surface area contributed by atoms with Gasteiger partial charge in [-0.2, -0.15) is 0 Å². The van der Waals surface area contributed by atoms with E-state index in [-0.39, 0.29) is 6.10 Å². The first-order chi connectivity index (χ1) is 4.24. The Bertz CT molecular complexity index is 135. The maximum absolute atomic E-state index is 5.58. The van der Waals surface area contributed by atoms with Gasteiger partial charge >= 0.3 is 0 Å². The van der Waals surface area contributed by atoms with Gasteiger partial charge in [0, 0.05) is 7.05 Å². The number of allylic oxidation sites excluding steroid dienone is 1. The molecule has 1 atom stereocenters. The lowest BCUT2D eigenvalue weighted by atomic mass is 10.3. The highest BCUT2D eigenvalue weighted by Crippen LogP contribution is 2.16. The van der Waals surface area contributed by atoms with E-state index in [0.29, 0.717) is 5.88 Å². The zero-order valence-electron chi connectivity index (χ0n) is 5.60. The molecule has 0 radical (unpaired) electrons. The van der Waals surface area contributed by atoms with Crippen LogP contribution in [-0.2, 0) is 4.84 Å². The Morgan fingerprint density at radius 1 is 1.89 bits per heavy atom. The zero-order chi connectivity index (χ0) is 6.85. The standard InChI is InChI=1S/C6H10ClNO/c1-5-3-6(4-7)8(2)9-5/h3,5H,4H2,1-2H3. The van der Waals surface area contributed by atoms with Gasteiger partial charge in [0.2, 0.25) is 0 Å². The van der Waals surface area contributed by atoms with E-state index in [2.05, 4.69) is 0 Å². The molecule has 1 aliphatic heterocycles. The lowest BCUT2D eigenvalue weighted by molar-refractivity contribution is -0.111. The maximum atomic E-state index is 5.58. The quantitative estimate of drug-likeness (QED) is 0.520. The summed E-state index contributed by atoms with van der Waals surface area (Å²) in [6, 6.07) is 0. The summed E-state index contributed by atoms with van der Waals surface area (Å²) in [6.07, 6.45) is 2.19. The number of hydroxylamine groups is 2. The van der Waals surface area contributed by atoms with Crippen molar-refractivity contribution in [2.75, 3.05) is 12.9 Å². The SMILES string of the molecule is CC1C=C(CCl)N(C)O1. The summed E-state index contributed by atoms with van der Waals surface area (Å²) in [5.74, 6) is 0.529. The van der Waals surface area contributed by atoms with E-state index in [4.69, 9.17) is 16.4 Å². The van der Waals surface area contributed by atoms with Crippen LogP contribution in [0, 0.1) is 0 Å². The maximum Gasteiger partial charge on any atom is 0.103 e. The topological polar surface area (TPSA) is 12.5 Å². The smallest absolute Gasteiger partial charge is 0.103 e. The van der Waals surface area contributed by atoms with Crippen molar-refractivity contribution in [3.63, 3.8) is 0 Å². The van der Waals surface area contributed by atoms with Gasteiger partial charge in [-0.15, -0.1) is 11.6 Å². The van der Waals surface area contributed by atoms with Crippen molar-refractivity contribution in [3.05, 3.63) is 11.8 Å². The van der Waals surface area contributed by atoms with E-state index in [9.17, 15) is 0 Å². The van der Waals surface area contributed by atoms with Crippen LogP contribution < -0.4 is 0 Å². The minimum atomic E-state index is 0.184. The van der Waals surface area contributed by atoms with Gasteiger partial charge < -0.3 is 0 Å². The van der Waals surface area contributed by atoms with Gasteiger partial charge in [0.05, 0.1) is 11.6 Å². The summed E-state index contributed by atoms with van der Waals surface area (Å²) < 4.78 is 0. The monoisotopic (exact) mass is 147 g/mol. The number of nitrogens with zero attached hydrogens (tertiary/aromatic N) is 1. The molecule has 0 amide bonds. The van der Waals surface area contributed by atoms with Crippen molar-refractivity contribution in [2.24, 2.45) is 0 Å². The molecule has 1 aliphatic rings. The van der Waals surface area contributed by atoms with Crippen LogP contribution in [0.25, 0.3) is 0 Å². The number of hydrogen-bond acceptors (Lipinski definition) is 2. The molecule has 0 aromatic heterocycles. The van der Waals surface area contributed by atoms with Crippen molar-refractivity contribution < 1.29 is 4.84 Å². The molecular weight excluding hydrogens is 138 g/mol. The first-order valence-electron chi connectivity index (χ1n) is 2.91. The van der Waals surface area contributed by atoms with E-state index in [1.807, 2.05) is 20.0 Å². The van der Waals surface area contributed by atoms with Crippen LogP contribution in [0.5, 0.6) is 0 Å². The summed E-state index contributed by atoms with van der Waals surface area (Å²) in [5, 5.41) is 1.71. The van der Waals surface area contributed by atoms with Crippen LogP contribution in [0.4, 0.5) is 0 Å². The Morgan fingerprint density at radius 2 is 2.56 bits per heavy atom. The predicted octanol–water partition coefficient (Wildman–Crippen LogP) is 1.37. The summed E-state index contributed by atoms with van der Waals surface area (Å²) >= 11 is 5.58. The molecule has 2 nitrogen and oxygen atoms in total. The lowest BCUT2D eigenvalue weighted by Gasteiger charge is -2.13. The number of halogens is 1. The summed E-state index contributed by atoms with van der Waals surface area (Å²) in [4.78, 5) is 5.22. The molecule has 1 unspecified atom stereocenters. The van der Waals surface area contributed by atoms with Crippen LogP contribution in [0.15, 0.2) is 11.8 Å². The predicted molar refractivity (Wildman–Crippen MR) is 37.1 cm³/mol. The fraction of sp³-hybridized carbons (Fsp3) is 0.667. The second kappa shape index (κ2) is 2.58. The third-order valence-corrected chi connectivity index (χ3v) is 1.57. The van der Waals surface area contributed by atoms with Crippen LogP contribution in [-0.4, -0.2) is 24.1 Å². The number of rotatable bonds is 1. The second-order valence-corrected chi connectivity index (χ2v) is 2.37. The molecule has 0 fully saturated rings. The Labute approximate surface area is 60.0 Å². The largest absolute Gasteiger partial charge is 0.267 e. The van der Waals surface area contributed by atoms with Gasteiger partial charge in [0.1, 0.15) is 6.10 Å². The zero-order valence-corrected chi connectivity index (χ0v) is 6.35. The van der Waals surface area contributed by atoms with E-state index in [0.717, 1.165) is 5.70 Å². The molecule has 0 aliphatic carbocycles. The van der Waals surface area contributed by atoms with Crippen molar-refractivity contribution in [1.29, 1.82) is 0 Å².